The van der Waals surface area contributed by atoms with Crippen molar-refractivity contribution in [3.05, 3.63) is 65.5 Å². The minimum atomic E-state index is -0.789. The topological polar surface area (TPSA) is 38.9 Å². The van der Waals surface area contributed by atoms with Gasteiger partial charge in [0.25, 0.3) is 0 Å². The van der Waals surface area contributed by atoms with Crippen LogP contribution in [0.4, 0.5) is 8.78 Å². The Morgan fingerprint density at radius 2 is 1.94 bits per heavy atom. The van der Waals surface area contributed by atoms with E-state index >= 15 is 0 Å². The minimum absolute atomic E-state index is 0.305. The highest BCUT2D eigenvalue weighted by atomic mass is 19.1. The zero-order chi connectivity index (χ0) is 13.2. The summed E-state index contributed by atoms with van der Waals surface area (Å²) in [5, 5.41) is 0. The Morgan fingerprint density at radius 1 is 1.17 bits per heavy atom. The van der Waals surface area contributed by atoms with Crippen molar-refractivity contribution in [1.29, 1.82) is 0 Å². The second kappa shape index (κ2) is 4.82. The van der Waals surface area contributed by atoms with Gasteiger partial charge < -0.3 is 5.73 Å². The maximum atomic E-state index is 13.1. The summed E-state index contributed by atoms with van der Waals surface area (Å²) in [6, 6.07) is 7.58. The molecule has 1 heterocycles. The van der Waals surface area contributed by atoms with Gasteiger partial charge in [-0.1, -0.05) is 12.1 Å². The third kappa shape index (κ3) is 2.90. The van der Waals surface area contributed by atoms with E-state index in [1.54, 1.807) is 19.1 Å². The van der Waals surface area contributed by atoms with Gasteiger partial charge in [0.2, 0.25) is 0 Å². The summed E-state index contributed by atoms with van der Waals surface area (Å²) in [6.45, 7) is 1.77. The molecule has 0 fully saturated rings. The monoisotopic (exact) mass is 248 g/mol. The lowest BCUT2D eigenvalue weighted by Crippen LogP contribution is -2.35. The number of pyridine rings is 1. The van der Waals surface area contributed by atoms with Gasteiger partial charge in [0.15, 0.2) is 0 Å². The molecule has 0 saturated heterocycles. The standard InChI is InChI=1S/C14H14F2N2/c1-14(17,11-6-13(16)9-18-8-11)7-10-3-2-4-12(15)5-10/h2-6,8-9H,7,17H2,1H3. The van der Waals surface area contributed by atoms with E-state index in [2.05, 4.69) is 4.98 Å². The van der Waals surface area contributed by atoms with Gasteiger partial charge in [-0.05, 0) is 42.7 Å². The van der Waals surface area contributed by atoms with Crippen LogP contribution in [0.1, 0.15) is 18.1 Å². The van der Waals surface area contributed by atoms with Crippen molar-refractivity contribution >= 4 is 0 Å². The van der Waals surface area contributed by atoms with Gasteiger partial charge >= 0.3 is 0 Å². The number of halogens is 2. The molecule has 2 rings (SSSR count). The molecule has 2 nitrogen and oxygen atoms in total. The van der Waals surface area contributed by atoms with Gasteiger partial charge in [-0.15, -0.1) is 0 Å². The lowest BCUT2D eigenvalue weighted by Gasteiger charge is -2.25. The smallest absolute Gasteiger partial charge is 0.141 e. The highest BCUT2D eigenvalue weighted by molar-refractivity contribution is 5.26. The molecule has 2 aromatic rings. The zero-order valence-electron chi connectivity index (χ0n) is 10.0. The van der Waals surface area contributed by atoms with Crippen molar-refractivity contribution in [2.45, 2.75) is 18.9 Å². The van der Waals surface area contributed by atoms with Gasteiger partial charge in [-0.2, -0.15) is 0 Å². The van der Waals surface area contributed by atoms with E-state index < -0.39 is 11.4 Å². The summed E-state index contributed by atoms with van der Waals surface area (Å²) in [4.78, 5) is 3.78. The fraction of sp³-hybridized carbons (Fsp3) is 0.214. The maximum Gasteiger partial charge on any atom is 0.141 e. The van der Waals surface area contributed by atoms with Crippen LogP contribution in [0.5, 0.6) is 0 Å². The predicted octanol–water partition coefficient (Wildman–Crippen LogP) is 2.78. The van der Waals surface area contributed by atoms with E-state index in [1.165, 1.54) is 24.4 Å². The molecule has 0 bridgehead atoms. The summed E-state index contributed by atoms with van der Waals surface area (Å²) in [5.41, 5.74) is 6.73. The first-order chi connectivity index (χ1) is 8.47. The summed E-state index contributed by atoms with van der Waals surface area (Å²) >= 11 is 0. The largest absolute Gasteiger partial charge is 0.321 e. The Balaban J connectivity index is 2.26. The Hall–Kier alpha value is -1.81. The van der Waals surface area contributed by atoms with Crippen LogP contribution in [0, 0.1) is 11.6 Å². The van der Waals surface area contributed by atoms with Crippen molar-refractivity contribution in [2.75, 3.05) is 0 Å². The highest BCUT2D eigenvalue weighted by Crippen LogP contribution is 2.22. The summed E-state index contributed by atoms with van der Waals surface area (Å²) < 4.78 is 26.2. The molecule has 1 unspecified atom stereocenters. The van der Waals surface area contributed by atoms with Crippen molar-refractivity contribution in [2.24, 2.45) is 5.73 Å². The van der Waals surface area contributed by atoms with E-state index in [0.29, 0.717) is 12.0 Å². The molecular formula is C14H14F2N2. The lowest BCUT2D eigenvalue weighted by molar-refractivity contribution is 0.482. The van der Waals surface area contributed by atoms with Crippen LogP contribution >= 0.6 is 0 Å². The third-order valence-corrected chi connectivity index (χ3v) is 2.82. The molecule has 0 spiro atoms. The van der Waals surface area contributed by atoms with Crippen LogP contribution in [0.2, 0.25) is 0 Å². The number of hydrogen-bond acceptors (Lipinski definition) is 2. The van der Waals surface area contributed by atoms with Crippen LogP contribution in [-0.4, -0.2) is 4.98 Å². The Kier molecular flexibility index (Phi) is 3.39. The molecule has 1 atom stereocenters. The quantitative estimate of drug-likeness (QED) is 0.907. The molecule has 0 saturated carbocycles. The molecule has 0 aliphatic rings. The lowest BCUT2D eigenvalue weighted by atomic mass is 9.87. The van der Waals surface area contributed by atoms with Crippen LogP contribution in [0.25, 0.3) is 0 Å². The van der Waals surface area contributed by atoms with Gasteiger partial charge in [0, 0.05) is 11.7 Å². The van der Waals surface area contributed by atoms with Crippen molar-refractivity contribution in [3.63, 3.8) is 0 Å². The zero-order valence-corrected chi connectivity index (χ0v) is 10.0. The second-order valence-electron chi connectivity index (χ2n) is 4.62. The predicted molar refractivity (Wildman–Crippen MR) is 65.8 cm³/mol. The van der Waals surface area contributed by atoms with Crippen LogP contribution in [0.3, 0.4) is 0 Å². The molecule has 94 valence electrons. The molecule has 0 aliphatic heterocycles. The Bertz CT molecular complexity index is 553. The first kappa shape index (κ1) is 12.6. The van der Waals surface area contributed by atoms with Gasteiger partial charge in [-0.3, -0.25) is 4.98 Å². The number of benzene rings is 1. The molecule has 0 radical (unpaired) electrons. The maximum absolute atomic E-state index is 13.1. The van der Waals surface area contributed by atoms with Crippen LogP contribution < -0.4 is 5.73 Å². The average Bonchev–Trinajstić information content (AvgIpc) is 2.28. The summed E-state index contributed by atoms with van der Waals surface area (Å²) in [7, 11) is 0. The van der Waals surface area contributed by atoms with E-state index in [1.807, 2.05) is 0 Å². The summed E-state index contributed by atoms with van der Waals surface area (Å²) in [6.07, 6.45) is 3.07. The molecule has 2 N–H and O–H groups in total. The van der Waals surface area contributed by atoms with E-state index in [-0.39, 0.29) is 5.82 Å². The molecule has 4 heteroatoms. The second-order valence-corrected chi connectivity index (χ2v) is 4.62. The van der Waals surface area contributed by atoms with Crippen molar-refractivity contribution < 1.29 is 8.78 Å². The van der Waals surface area contributed by atoms with Gasteiger partial charge in [0.05, 0.1) is 6.20 Å². The fourth-order valence-corrected chi connectivity index (χ4v) is 1.90. The van der Waals surface area contributed by atoms with Crippen molar-refractivity contribution in [1.82, 2.24) is 4.98 Å². The summed E-state index contributed by atoms with van der Waals surface area (Å²) in [5.74, 6) is -0.732. The number of rotatable bonds is 3. The number of nitrogens with two attached hydrogens (primary N) is 1. The first-order valence-electron chi connectivity index (χ1n) is 5.62. The van der Waals surface area contributed by atoms with E-state index in [9.17, 15) is 8.78 Å². The van der Waals surface area contributed by atoms with E-state index in [0.717, 1.165) is 11.8 Å². The van der Waals surface area contributed by atoms with Crippen LogP contribution in [-0.2, 0) is 12.0 Å². The molecule has 1 aromatic carbocycles. The Labute approximate surface area is 104 Å². The SMILES string of the molecule is CC(N)(Cc1cccc(F)c1)c1cncc(F)c1. The number of nitrogens with zero attached hydrogens (tertiary/aromatic N) is 1. The normalized spacial score (nSPS) is 14.2. The van der Waals surface area contributed by atoms with Crippen LogP contribution in [0.15, 0.2) is 42.7 Å². The van der Waals surface area contributed by atoms with E-state index in [4.69, 9.17) is 5.73 Å². The third-order valence-electron chi connectivity index (χ3n) is 2.82. The number of aromatic nitrogens is 1. The molecule has 18 heavy (non-hydrogen) atoms. The Morgan fingerprint density at radius 3 is 2.61 bits per heavy atom. The van der Waals surface area contributed by atoms with Crippen molar-refractivity contribution in [3.8, 4) is 0 Å². The molecular weight excluding hydrogens is 234 g/mol. The molecule has 0 aliphatic carbocycles. The molecule has 1 aromatic heterocycles. The minimum Gasteiger partial charge on any atom is -0.321 e. The number of hydrogen-bond donors (Lipinski definition) is 1. The fourth-order valence-electron chi connectivity index (χ4n) is 1.90. The highest BCUT2D eigenvalue weighted by Gasteiger charge is 2.22. The van der Waals surface area contributed by atoms with Gasteiger partial charge in [-0.25, -0.2) is 8.78 Å². The van der Waals surface area contributed by atoms with Gasteiger partial charge in [0.1, 0.15) is 11.6 Å². The molecule has 0 amide bonds. The average molecular weight is 248 g/mol. The first-order valence-corrected chi connectivity index (χ1v) is 5.62.